The number of benzene rings is 3. The molecule has 0 saturated heterocycles. The number of carbonyl (C=O) groups excluding carboxylic acids is 1. The molecule has 5 aromatic rings. The Morgan fingerprint density at radius 1 is 1.02 bits per heavy atom. The molecule has 7 nitrogen and oxygen atoms in total. The fourth-order valence-electron chi connectivity index (χ4n) is 5.91. The molecule has 0 bridgehead atoms. The van der Waals surface area contributed by atoms with Gasteiger partial charge in [-0.3, -0.25) is 9.36 Å². The highest BCUT2D eigenvalue weighted by atomic mass is 32.2. The Morgan fingerprint density at radius 2 is 1.72 bits per heavy atom. The molecule has 0 amide bonds. The third-order valence-corrected chi connectivity index (χ3v) is 9.91. The molecule has 9 heteroatoms. The van der Waals surface area contributed by atoms with E-state index in [0.717, 1.165) is 44.3 Å². The van der Waals surface area contributed by atoms with Crippen LogP contribution in [0, 0.1) is 13.8 Å². The van der Waals surface area contributed by atoms with Crippen LogP contribution >= 0.6 is 23.1 Å². The van der Waals surface area contributed by atoms with E-state index in [9.17, 15) is 9.59 Å². The van der Waals surface area contributed by atoms with E-state index in [1.165, 1.54) is 11.3 Å². The summed E-state index contributed by atoms with van der Waals surface area (Å²) in [5.74, 6) is -0.484. The maximum Gasteiger partial charge on any atom is 0.338 e. The Balaban J connectivity index is 1.56. The zero-order chi connectivity index (χ0) is 32.5. The second-order valence-electron chi connectivity index (χ2n) is 11.3. The quantitative estimate of drug-likeness (QED) is 0.150. The molecule has 1 atom stereocenters. The van der Waals surface area contributed by atoms with Crippen LogP contribution in [0.25, 0.3) is 17.5 Å². The van der Waals surface area contributed by atoms with Gasteiger partial charge in [0.1, 0.15) is 0 Å². The van der Waals surface area contributed by atoms with Crippen LogP contribution in [0.15, 0.2) is 105 Å². The lowest BCUT2D eigenvalue weighted by Gasteiger charge is -2.26. The number of nitrogens with zero attached hydrogens (tertiary/aromatic N) is 4. The van der Waals surface area contributed by atoms with E-state index in [1.54, 1.807) is 23.3 Å². The van der Waals surface area contributed by atoms with Gasteiger partial charge in [0.2, 0.25) is 0 Å². The number of rotatable bonds is 8. The molecule has 0 saturated carbocycles. The topological polar surface area (TPSA) is 68.8 Å². The molecular formula is C37H36N4O3S2. The number of carbonyl (C=O) groups is 1. The molecule has 3 aromatic carbocycles. The van der Waals surface area contributed by atoms with Crippen LogP contribution in [-0.4, -0.2) is 42.1 Å². The standard InChI is InChI=1S/C37H36N4O3S2/c1-7-44-36(43)32-33(25-11-9-8-10-12-25)38-37-41(34(32)26-13-19-30(45-6)20-14-26)35(42)31(46-37)22-27-21-23(2)40(24(27)3)29-17-15-28(16-18-29)39(4)5/h8-22,34H,7H2,1-6H3/b31-22+/t34-/m1/s1. The number of ether oxygens (including phenoxy) is 1. The van der Waals surface area contributed by atoms with Crippen molar-refractivity contribution in [3.63, 3.8) is 0 Å². The van der Waals surface area contributed by atoms with Crippen molar-refractivity contribution in [1.82, 2.24) is 9.13 Å². The predicted octanol–water partition coefficient (Wildman–Crippen LogP) is 6.13. The van der Waals surface area contributed by atoms with Gasteiger partial charge >= 0.3 is 5.97 Å². The number of fused-ring (bicyclic) bond motifs is 1. The molecule has 0 N–H and O–H groups in total. The van der Waals surface area contributed by atoms with Crippen LogP contribution in [0.1, 0.15) is 41.0 Å². The number of aromatic nitrogens is 2. The van der Waals surface area contributed by atoms with Gasteiger partial charge in [-0.25, -0.2) is 9.79 Å². The van der Waals surface area contributed by atoms with Crippen molar-refractivity contribution >= 4 is 46.5 Å². The van der Waals surface area contributed by atoms with Gasteiger partial charge in [0, 0.05) is 47.3 Å². The molecule has 1 aliphatic heterocycles. The summed E-state index contributed by atoms with van der Waals surface area (Å²) in [6.07, 6.45) is 3.96. The summed E-state index contributed by atoms with van der Waals surface area (Å²) >= 11 is 2.97. The first-order valence-electron chi connectivity index (χ1n) is 15.1. The van der Waals surface area contributed by atoms with Gasteiger partial charge in [-0.1, -0.05) is 53.8 Å². The summed E-state index contributed by atoms with van der Waals surface area (Å²) < 4.78 is 10.00. The molecule has 234 valence electrons. The van der Waals surface area contributed by atoms with Crippen LogP contribution in [0.5, 0.6) is 0 Å². The molecule has 3 heterocycles. The van der Waals surface area contributed by atoms with Crippen molar-refractivity contribution in [1.29, 1.82) is 0 Å². The minimum Gasteiger partial charge on any atom is -0.463 e. The number of aryl methyl sites for hydroxylation is 1. The average molecular weight is 649 g/mol. The first-order valence-corrected chi connectivity index (χ1v) is 17.1. The molecule has 0 spiro atoms. The van der Waals surface area contributed by atoms with E-state index in [1.807, 2.05) is 81.0 Å². The number of hydrogen-bond donors (Lipinski definition) is 0. The molecule has 0 aliphatic carbocycles. The minimum atomic E-state index is -0.703. The lowest BCUT2D eigenvalue weighted by atomic mass is 9.93. The average Bonchev–Trinajstić information content (AvgIpc) is 3.53. The van der Waals surface area contributed by atoms with Gasteiger partial charge in [-0.2, -0.15) is 0 Å². The summed E-state index contributed by atoms with van der Waals surface area (Å²) in [6, 6.07) is 27.4. The highest BCUT2D eigenvalue weighted by Crippen LogP contribution is 2.36. The van der Waals surface area contributed by atoms with Crippen molar-refractivity contribution in [2.24, 2.45) is 4.99 Å². The highest BCUT2D eigenvalue weighted by molar-refractivity contribution is 7.98. The van der Waals surface area contributed by atoms with Crippen LogP contribution < -0.4 is 19.8 Å². The number of hydrogen-bond acceptors (Lipinski definition) is 7. The van der Waals surface area contributed by atoms with Crippen LogP contribution in [0.2, 0.25) is 0 Å². The van der Waals surface area contributed by atoms with Crippen LogP contribution in [0.4, 0.5) is 5.69 Å². The van der Waals surface area contributed by atoms with Crippen molar-refractivity contribution in [2.45, 2.75) is 31.7 Å². The molecule has 0 unspecified atom stereocenters. The Bertz CT molecular complexity index is 2120. The third-order valence-electron chi connectivity index (χ3n) is 8.19. The summed E-state index contributed by atoms with van der Waals surface area (Å²) in [5.41, 5.74) is 7.51. The first kappa shape index (κ1) is 31.4. The van der Waals surface area contributed by atoms with Gasteiger partial charge in [0.05, 0.1) is 28.5 Å². The van der Waals surface area contributed by atoms with Crippen LogP contribution in [0.3, 0.4) is 0 Å². The van der Waals surface area contributed by atoms with Crippen LogP contribution in [-0.2, 0) is 9.53 Å². The van der Waals surface area contributed by atoms with Gasteiger partial charge < -0.3 is 14.2 Å². The SMILES string of the molecule is CCOC(=O)C1=C(c2ccccc2)N=c2s/c(=C/c3cc(C)n(-c4ccc(N(C)C)cc4)c3C)c(=O)n2[C@@H]1c1ccc(SC)cc1. The molecule has 6 rings (SSSR count). The lowest BCUT2D eigenvalue weighted by molar-refractivity contribution is -0.138. The molecule has 0 fully saturated rings. The van der Waals surface area contributed by atoms with Crippen molar-refractivity contribution in [3.05, 3.63) is 138 Å². The zero-order valence-corrected chi connectivity index (χ0v) is 28.4. The molecule has 2 aromatic heterocycles. The minimum absolute atomic E-state index is 0.197. The fourth-order valence-corrected chi connectivity index (χ4v) is 7.31. The smallest absolute Gasteiger partial charge is 0.338 e. The van der Waals surface area contributed by atoms with Crippen molar-refractivity contribution in [3.8, 4) is 5.69 Å². The monoisotopic (exact) mass is 648 g/mol. The maximum absolute atomic E-state index is 14.4. The largest absolute Gasteiger partial charge is 0.463 e. The van der Waals surface area contributed by atoms with E-state index in [2.05, 4.69) is 53.6 Å². The normalized spacial score (nSPS) is 14.7. The van der Waals surface area contributed by atoms with Gasteiger partial charge in [-0.05, 0) is 86.7 Å². The van der Waals surface area contributed by atoms with E-state index in [4.69, 9.17) is 9.73 Å². The first-order chi connectivity index (χ1) is 22.2. The van der Waals surface area contributed by atoms with E-state index < -0.39 is 12.0 Å². The Kier molecular flexibility index (Phi) is 8.88. The summed E-state index contributed by atoms with van der Waals surface area (Å²) in [7, 11) is 4.05. The second kappa shape index (κ2) is 13.0. The molecule has 0 radical (unpaired) electrons. The highest BCUT2D eigenvalue weighted by Gasteiger charge is 2.35. The number of esters is 1. The Hall–Kier alpha value is -4.60. The number of anilines is 1. The number of thioether (sulfide) groups is 1. The van der Waals surface area contributed by atoms with Gasteiger partial charge in [0.25, 0.3) is 5.56 Å². The summed E-state index contributed by atoms with van der Waals surface area (Å²) in [5, 5.41) is 0. The van der Waals surface area contributed by atoms with Crippen molar-refractivity contribution < 1.29 is 9.53 Å². The van der Waals surface area contributed by atoms with Gasteiger partial charge in [0.15, 0.2) is 4.80 Å². The summed E-state index contributed by atoms with van der Waals surface area (Å²) in [6.45, 7) is 6.13. The number of thiazole rings is 1. The zero-order valence-electron chi connectivity index (χ0n) is 26.8. The molecule has 1 aliphatic rings. The van der Waals surface area contributed by atoms with E-state index in [-0.39, 0.29) is 12.2 Å². The Morgan fingerprint density at radius 3 is 2.35 bits per heavy atom. The molecular weight excluding hydrogens is 613 g/mol. The fraction of sp³-hybridized carbons (Fsp3) is 0.216. The van der Waals surface area contributed by atoms with Crippen molar-refractivity contribution in [2.75, 3.05) is 31.9 Å². The molecule has 46 heavy (non-hydrogen) atoms. The Labute approximate surface area is 276 Å². The third kappa shape index (κ3) is 5.76. The predicted molar refractivity (Wildman–Crippen MR) is 189 cm³/mol. The second-order valence-corrected chi connectivity index (χ2v) is 13.2. The maximum atomic E-state index is 14.4. The van der Waals surface area contributed by atoms with E-state index in [0.29, 0.717) is 20.6 Å². The van der Waals surface area contributed by atoms with E-state index >= 15 is 0 Å². The van der Waals surface area contributed by atoms with Gasteiger partial charge in [-0.15, -0.1) is 11.8 Å². The lowest BCUT2D eigenvalue weighted by Crippen LogP contribution is -2.40. The summed E-state index contributed by atoms with van der Waals surface area (Å²) in [4.78, 5) is 36.8.